The SMILES string of the molecule is CN(C)CC1CCN(Cc2cc(F)ccc2C(=O)O)CC1. The fourth-order valence-electron chi connectivity index (χ4n) is 2.99. The average Bonchev–Trinajstić information content (AvgIpc) is 2.40. The number of carboxylic acids is 1. The van der Waals surface area contributed by atoms with Crippen molar-refractivity contribution in [1.29, 1.82) is 0 Å². The molecule has 1 heterocycles. The third kappa shape index (κ3) is 4.51. The summed E-state index contributed by atoms with van der Waals surface area (Å²) in [6, 6.07) is 3.90. The fraction of sp³-hybridized carbons (Fsp3) is 0.562. The summed E-state index contributed by atoms with van der Waals surface area (Å²) in [5.41, 5.74) is 0.764. The number of carboxylic acid groups (broad SMARTS) is 1. The van der Waals surface area contributed by atoms with E-state index in [9.17, 15) is 14.3 Å². The lowest BCUT2D eigenvalue weighted by Gasteiger charge is -2.33. The second-order valence-electron chi connectivity index (χ2n) is 6.09. The standard InChI is InChI=1S/C16H23FN2O2/c1-18(2)10-12-5-7-19(8-6-12)11-13-9-14(17)3-4-15(13)16(20)21/h3-4,9,12H,5-8,10-11H2,1-2H3,(H,20,21). The fourth-order valence-corrected chi connectivity index (χ4v) is 2.99. The highest BCUT2D eigenvalue weighted by Gasteiger charge is 2.21. The molecule has 0 saturated carbocycles. The average molecular weight is 294 g/mol. The third-order valence-electron chi connectivity index (χ3n) is 4.02. The maximum absolute atomic E-state index is 13.4. The summed E-state index contributed by atoms with van der Waals surface area (Å²) in [4.78, 5) is 15.6. The second kappa shape index (κ2) is 7.00. The van der Waals surface area contributed by atoms with Crippen molar-refractivity contribution in [3.63, 3.8) is 0 Å². The van der Waals surface area contributed by atoms with E-state index in [1.807, 2.05) is 0 Å². The first-order chi connectivity index (χ1) is 9.95. The van der Waals surface area contributed by atoms with Gasteiger partial charge in [0.25, 0.3) is 0 Å². The summed E-state index contributed by atoms with van der Waals surface area (Å²) < 4.78 is 13.4. The van der Waals surface area contributed by atoms with Crippen LogP contribution in [0.5, 0.6) is 0 Å². The van der Waals surface area contributed by atoms with Gasteiger partial charge in [-0.25, -0.2) is 9.18 Å². The molecular formula is C16H23FN2O2. The van der Waals surface area contributed by atoms with Crippen LogP contribution in [0.15, 0.2) is 18.2 Å². The molecule has 1 saturated heterocycles. The van der Waals surface area contributed by atoms with Crippen LogP contribution in [0.4, 0.5) is 4.39 Å². The monoisotopic (exact) mass is 294 g/mol. The molecule has 1 aromatic rings. The lowest BCUT2D eigenvalue weighted by Crippen LogP contribution is -2.37. The third-order valence-corrected chi connectivity index (χ3v) is 4.02. The van der Waals surface area contributed by atoms with Crippen LogP contribution in [-0.2, 0) is 6.54 Å². The van der Waals surface area contributed by atoms with Crippen molar-refractivity contribution < 1.29 is 14.3 Å². The molecule has 1 fully saturated rings. The molecule has 116 valence electrons. The minimum Gasteiger partial charge on any atom is -0.478 e. The van der Waals surface area contributed by atoms with Gasteiger partial charge in [0.1, 0.15) is 5.82 Å². The first-order valence-corrected chi connectivity index (χ1v) is 7.34. The number of aromatic carboxylic acids is 1. The van der Waals surface area contributed by atoms with Gasteiger partial charge in [-0.3, -0.25) is 4.90 Å². The number of halogens is 1. The number of rotatable bonds is 5. The van der Waals surface area contributed by atoms with E-state index in [1.54, 1.807) is 0 Å². The summed E-state index contributed by atoms with van der Waals surface area (Å²) in [5.74, 6) is -0.673. The molecule has 0 aliphatic carbocycles. The van der Waals surface area contributed by atoms with Crippen LogP contribution in [0, 0.1) is 11.7 Å². The highest BCUT2D eigenvalue weighted by atomic mass is 19.1. The molecule has 0 spiro atoms. The molecular weight excluding hydrogens is 271 g/mol. The number of benzene rings is 1. The van der Waals surface area contributed by atoms with Gasteiger partial charge in [0.2, 0.25) is 0 Å². The van der Waals surface area contributed by atoms with E-state index < -0.39 is 5.97 Å². The molecule has 1 N–H and O–H groups in total. The van der Waals surface area contributed by atoms with E-state index in [2.05, 4.69) is 23.9 Å². The van der Waals surface area contributed by atoms with Gasteiger partial charge in [-0.2, -0.15) is 0 Å². The highest BCUT2D eigenvalue weighted by Crippen LogP contribution is 2.21. The van der Waals surface area contributed by atoms with Gasteiger partial charge in [-0.1, -0.05) is 0 Å². The van der Waals surface area contributed by atoms with E-state index in [1.165, 1.54) is 18.2 Å². The minimum absolute atomic E-state index is 0.201. The maximum Gasteiger partial charge on any atom is 0.336 e. The normalized spacial score (nSPS) is 17.3. The van der Waals surface area contributed by atoms with Gasteiger partial charge in [-0.15, -0.1) is 0 Å². The number of nitrogens with zero attached hydrogens (tertiary/aromatic N) is 2. The van der Waals surface area contributed by atoms with Crippen LogP contribution in [-0.4, -0.2) is 54.6 Å². The summed E-state index contributed by atoms with van der Waals surface area (Å²) in [7, 11) is 4.16. The Morgan fingerprint density at radius 1 is 1.38 bits per heavy atom. The number of hydrogen-bond acceptors (Lipinski definition) is 3. The molecule has 2 rings (SSSR count). The molecule has 21 heavy (non-hydrogen) atoms. The zero-order valence-corrected chi connectivity index (χ0v) is 12.7. The van der Waals surface area contributed by atoms with Gasteiger partial charge < -0.3 is 10.0 Å². The lowest BCUT2D eigenvalue weighted by atomic mass is 9.95. The number of hydrogen-bond donors (Lipinski definition) is 1. The zero-order chi connectivity index (χ0) is 15.4. The molecule has 0 aromatic heterocycles. The molecule has 0 atom stereocenters. The van der Waals surface area contributed by atoms with Crippen molar-refractivity contribution >= 4 is 5.97 Å². The topological polar surface area (TPSA) is 43.8 Å². The summed E-state index contributed by atoms with van der Waals surface area (Å²) >= 11 is 0. The number of piperidine rings is 1. The highest BCUT2D eigenvalue weighted by molar-refractivity contribution is 5.89. The van der Waals surface area contributed by atoms with E-state index >= 15 is 0 Å². The van der Waals surface area contributed by atoms with Crippen molar-refractivity contribution in [3.05, 3.63) is 35.1 Å². The van der Waals surface area contributed by atoms with Gasteiger partial charge in [0.15, 0.2) is 0 Å². The van der Waals surface area contributed by atoms with Crippen molar-refractivity contribution in [3.8, 4) is 0 Å². The minimum atomic E-state index is -0.993. The van der Waals surface area contributed by atoms with Crippen molar-refractivity contribution in [2.24, 2.45) is 5.92 Å². The Balaban J connectivity index is 1.97. The van der Waals surface area contributed by atoms with Gasteiger partial charge in [0.05, 0.1) is 5.56 Å². The molecule has 0 amide bonds. The van der Waals surface area contributed by atoms with Crippen LogP contribution in [0.25, 0.3) is 0 Å². The van der Waals surface area contributed by atoms with Crippen molar-refractivity contribution in [2.45, 2.75) is 19.4 Å². The Morgan fingerprint density at radius 3 is 2.62 bits per heavy atom. The van der Waals surface area contributed by atoms with E-state index in [4.69, 9.17) is 0 Å². The molecule has 0 radical (unpaired) electrons. The van der Waals surface area contributed by atoms with Gasteiger partial charge in [0, 0.05) is 13.1 Å². The van der Waals surface area contributed by atoms with Crippen LogP contribution in [0.3, 0.4) is 0 Å². The summed E-state index contributed by atoms with van der Waals surface area (Å²) in [6.45, 7) is 3.48. The number of carbonyl (C=O) groups is 1. The van der Waals surface area contributed by atoms with Gasteiger partial charge in [-0.05, 0) is 69.7 Å². The van der Waals surface area contributed by atoms with Crippen LogP contribution in [0.2, 0.25) is 0 Å². The molecule has 1 aliphatic rings. The van der Waals surface area contributed by atoms with E-state index in [0.29, 0.717) is 18.0 Å². The Labute approximate surface area is 125 Å². The second-order valence-corrected chi connectivity index (χ2v) is 6.09. The first kappa shape index (κ1) is 15.9. The Hall–Kier alpha value is -1.46. The Bertz CT molecular complexity index is 497. The zero-order valence-electron chi connectivity index (χ0n) is 12.7. The van der Waals surface area contributed by atoms with E-state index in [-0.39, 0.29) is 11.4 Å². The Kier molecular flexibility index (Phi) is 5.31. The first-order valence-electron chi connectivity index (χ1n) is 7.34. The molecule has 4 nitrogen and oxygen atoms in total. The number of likely N-dealkylation sites (tertiary alicyclic amines) is 1. The smallest absolute Gasteiger partial charge is 0.336 e. The summed E-state index contributed by atoms with van der Waals surface area (Å²) in [5, 5.41) is 9.18. The quantitative estimate of drug-likeness (QED) is 0.905. The van der Waals surface area contributed by atoms with Crippen molar-refractivity contribution in [2.75, 3.05) is 33.7 Å². The molecule has 1 aromatic carbocycles. The molecule has 1 aliphatic heterocycles. The largest absolute Gasteiger partial charge is 0.478 e. The Morgan fingerprint density at radius 2 is 2.05 bits per heavy atom. The van der Waals surface area contributed by atoms with Crippen LogP contribution in [0.1, 0.15) is 28.8 Å². The predicted octanol–water partition coefficient (Wildman–Crippen LogP) is 2.30. The lowest BCUT2D eigenvalue weighted by molar-refractivity contribution is 0.0693. The van der Waals surface area contributed by atoms with Crippen LogP contribution < -0.4 is 0 Å². The molecule has 0 bridgehead atoms. The maximum atomic E-state index is 13.4. The van der Waals surface area contributed by atoms with E-state index in [0.717, 1.165) is 32.5 Å². The predicted molar refractivity (Wildman–Crippen MR) is 79.9 cm³/mol. The molecule has 5 heteroatoms. The summed E-state index contributed by atoms with van der Waals surface area (Å²) in [6.07, 6.45) is 2.21. The van der Waals surface area contributed by atoms with Crippen LogP contribution >= 0.6 is 0 Å². The molecule has 0 unspecified atom stereocenters. The van der Waals surface area contributed by atoms with Gasteiger partial charge >= 0.3 is 5.97 Å². The van der Waals surface area contributed by atoms with Crippen molar-refractivity contribution in [1.82, 2.24) is 9.80 Å².